The van der Waals surface area contributed by atoms with Crippen molar-refractivity contribution in [2.45, 2.75) is 6.18 Å². The Morgan fingerprint density at radius 2 is 1.52 bits per heavy atom. The van der Waals surface area contributed by atoms with Gasteiger partial charge in [0.2, 0.25) is 0 Å². The molecule has 0 aliphatic rings. The van der Waals surface area contributed by atoms with Crippen LogP contribution in [0.4, 0.5) is 24.5 Å². The molecule has 1 heterocycles. The smallest absolute Gasteiger partial charge is 0.322 e. The number of carbonyl (C=O) groups is 2. The summed E-state index contributed by atoms with van der Waals surface area (Å²) in [7, 11) is 0. The largest absolute Gasteiger partial charge is 0.416 e. The van der Waals surface area contributed by atoms with Gasteiger partial charge in [-0.15, -0.1) is 0 Å². The molecule has 156 valence electrons. The SMILES string of the molecule is O=C(Nc1cccc(C(F)(F)F)c1)c1cccc(NC(=O)c2cccc3cn[nH]c23)c1. The number of benzene rings is 3. The lowest BCUT2D eigenvalue weighted by atomic mass is 10.1. The number of hydrogen-bond donors (Lipinski definition) is 3. The monoisotopic (exact) mass is 424 g/mol. The van der Waals surface area contributed by atoms with Crippen molar-refractivity contribution in [3.8, 4) is 0 Å². The van der Waals surface area contributed by atoms with E-state index >= 15 is 0 Å². The van der Waals surface area contributed by atoms with Crippen molar-refractivity contribution in [2.24, 2.45) is 0 Å². The first-order valence-electron chi connectivity index (χ1n) is 9.13. The molecule has 0 aliphatic heterocycles. The normalized spacial score (nSPS) is 11.3. The molecule has 31 heavy (non-hydrogen) atoms. The van der Waals surface area contributed by atoms with Crippen molar-refractivity contribution in [3.05, 3.63) is 89.6 Å². The van der Waals surface area contributed by atoms with E-state index in [0.29, 0.717) is 16.8 Å². The number of H-pyrrole nitrogens is 1. The van der Waals surface area contributed by atoms with Gasteiger partial charge in [-0.25, -0.2) is 0 Å². The van der Waals surface area contributed by atoms with Crippen molar-refractivity contribution in [2.75, 3.05) is 10.6 Å². The zero-order chi connectivity index (χ0) is 22.0. The Morgan fingerprint density at radius 1 is 0.839 bits per heavy atom. The van der Waals surface area contributed by atoms with Crippen LogP contribution in [0.1, 0.15) is 26.3 Å². The zero-order valence-corrected chi connectivity index (χ0v) is 15.8. The number of amides is 2. The van der Waals surface area contributed by atoms with Crippen LogP contribution in [0.3, 0.4) is 0 Å². The zero-order valence-electron chi connectivity index (χ0n) is 15.8. The third-order valence-electron chi connectivity index (χ3n) is 4.55. The molecular formula is C22H15F3N4O2. The summed E-state index contributed by atoms with van der Waals surface area (Å²) >= 11 is 0. The van der Waals surface area contributed by atoms with Gasteiger partial charge in [0.05, 0.1) is 22.8 Å². The number of nitrogens with one attached hydrogen (secondary N) is 3. The fraction of sp³-hybridized carbons (Fsp3) is 0.0455. The first-order valence-corrected chi connectivity index (χ1v) is 9.13. The maximum absolute atomic E-state index is 12.9. The highest BCUT2D eigenvalue weighted by molar-refractivity contribution is 6.12. The Morgan fingerprint density at radius 3 is 2.29 bits per heavy atom. The summed E-state index contributed by atoms with van der Waals surface area (Å²) in [6, 6.07) is 15.6. The van der Waals surface area contributed by atoms with Crippen LogP contribution in [-0.2, 0) is 6.18 Å². The summed E-state index contributed by atoms with van der Waals surface area (Å²) in [5.74, 6) is -1.00. The van der Waals surface area contributed by atoms with Gasteiger partial charge in [0.1, 0.15) is 0 Å². The molecule has 9 heteroatoms. The summed E-state index contributed by atoms with van der Waals surface area (Å²) in [6.07, 6.45) is -2.91. The summed E-state index contributed by atoms with van der Waals surface area (Å²) in [5, 5.41) is 12.6. The summed E-state index contributed by atoms with van der Waals surface area (Å²) in [6.45, 7) is 0. The highest BCUT2D eigenvalue weighted by Crippen LogP contribution is 2.30. The number of rotatable bonds is 4. The minimum absolute atomic E-state index is 0.0141. The molecule has 0 radical (unpaired) electrons. The summed E-state index contributed by atoms with van der Waals surface area (Å²) < 4.78 is 38.6. The van der Waals surface area contributed by atoms with Crippen LogP contribution in [-0.4, -0.2) is 22.0 Å². The third kappa shape index (κ3) is 4.40. The molecule has 0 spiro atoms. The number of carbonyl (C=O) groups excluding carboxylic acids is 2. The molecule has 3 aromatic carbocycles. The first-order chi connectivity index (χ1) is 14.8. The van der Waals surface area contributed by atoms with Gasteiger partial charge in [0.15, 0.2) is 0 Å². The van der Waals surface area contributed by atoms with E-state index in [-0.39, 0.29) is 11.3 Å². The standard InChI is InChI=1S/C22H15F3N4O2/c23-22(24,25)15-6-3-8-17(11-15)27-20(30)13-4-1-7-16(10-13)28-21(31)18-9-2-5-14-12-26-29-19(14)18/h1-12H,(H,26,29)(H,27,30)(H,28,31). The molecule has 0 atom stereocenters. The fourth-order valence-corrected chi connectivity index (χ4v) is 3.07. The number of nitrogens with zero attached hydrogens (tertiary/aromatic N) is 1. The minimum atomic E-state index is -4.51. The van der Waals surface area contributed by atoms with Crippen LogP contribution in [0.15, 0.2) is 72.9 Å². The van der Waals surface area contributed by atoms with Gasteiger partial charge >= 0.3 is 6.18 Å². The second kappa shape index (κ2) is 7.94. The van der Waals surface area contributed by atoms with Gasteiger partial charge in [-0.3, -0.25) is 14.7 Å². The number of fused-ring (bicyclic) bond motifs is 1. The van der Waals surface area contributed by atoms with Crippen LogP contribution in [0.2, 0.25) is 0 Å². The number of anilines is 2. The Kier molecular flexibility index (Phi) is 5.16. The average molecular weight is 424 g/mol. The molecule has 1 aromatic heterocycles. The molecule has 0 fully saturated rings. The van der Waals surface area contributed by atoms with Crippen LogP contribution >= 0.6 is 0 Å². The van der Waals surface area contributed by atoms with Crippen LogP contribution in [0, 0.1) is 0 Å². The molecule has 4 aromatic rings. The number of hydrogen-bond acceptors (Lipinski definition) is 3. The van der Waals surface area contributed by atoms with E-state index in [0.717, 1.165) is 17.5 Å². The molecule has 0 aliphatic carbocycles. The maximum atomic E-state index is 12.9. The third-order valence-corrected chi connectivity index (χ3v) is 4.55. The quantitative estimate of drug-likeness (QED) is 0.427. The van der Waals surface area contributed by atoms with E-state index in [9.17, 15) is 22.8 Å². The Balaban J connectivity index is 1.51. The van der Waals surface area contributed by atoms with Crippen LogP contribution < -0.4 is 10.6 Å². The topological polar surface area (TPSA) is 86.9 Å². The highest BCUT2D eigenvalue weighted by atomic mass is 19.4. The minimum Gasteiger partial charge on any atom is -0.322 e. The number of alkyl halides is 3. The van der Waals surface area contributed by atoms with Crippen LogP contribution in [0.5, 0.6) is 0 Å². The molecule has 0 saturated carbocycles. The Labute approximate surface area is 174 Å². The number of para-hydroxylation sites is 1. The van der Waals surface area contributed by atoms with E-state index in [2.05, 4.69) is 20.8 Å². The van der Waals surface area contributed by atoms with Crippen molar-refractivity contribution < 1.29 is 22.8 Å². The second-order valence-corrected chi connectivity index (χ2v) is 6.71. The van der Waals surface area contributed by atoms with E-state index in [1.54, 1.807) is 30.5 Å². The van der Waals surface area contributed by atoms with Gasteiger partial charge in [-0.2, -0.15) is 18.3 Å². The van der Waals surface area contributed by atoms with E-state index in [1.807, 2.05) is 6.07 Å². The van der Waals surface area contributed by atoms with Crippen molar-refractivity contribution in [1.29, 1.82) is 0 Å². The lowest BCUT2D eigenvalue weighted by molar-refractivity contribution is -0.137. The average Bonchev–Trinajstić information content (AvgIpc) is 3.22. The van der Waals surface area contributed by atoms with E-state index < -0.39 is 23.6 Å². The molecular weight excluding hydrogens is 409 g/mol. The first kappa shape index (κ1) is 20.1. The molecule has 0 saturated heterocycles. The van der Waals surface area contributed by atoms with Gasteiger partial charge in [-0.1, -0.05) is 24.3 Å². The Bertz CT molecular complexity index is 1280. The van der Waals surface area contributed by atoms with Gasteiger partial charge in [0, 0.05) is 22.3 Å². The second-order valence-electron chi connectivity index (χ2n) is 6.71. The molecule has 6 nitrogen and oxygen atoms in total. The van der Waals surface area contributed by atoms with Gasteiger partial charge < -0.3 is 10.6 Å². The molecule has 3 N–H and O–H groups in total. The Hall–Kier alpha value is -4.14. The van der Waals surface area contributed by atoms with Crippen molar-refractivity contribution >= 4 is 34.1 Å². The number of aromatic amines is 1. The van der Waals surface area contributed by atoms with Gasteiger partial charge in [-0.05, 0) is 42.5 Å². The predicted octanol–water partition coefficient (Wildman–Crippen LogP) is 5.09. The summed E-state index contributed by atoms with van der Waals surface area (Å²) in [4.78, 5) is 25.2. The number of halogens is 3. The van der Waals surface area contributed by atoms with Crippen molar-refractivity contribution in [3.63, 3.8) is 0 Å². The molecule has 0 unspecified atom stereocenters. The van der Waals surface area contributed by atoms with Crippen LogP contribution in [0.25, 0.3) is 10.9 Å². The van der Waals surface area contributed by atoms with E-state index in [1.165, 1.54) is 24.3 Å². The van der Waals surface area contributed by atoms with E-state index in [4.69, 9.17) is 0 Å². The molecule has 4 rings (SSSR count). The number of aromatic nitrogens is 2. The summed E-state index contributed by atoms with van der Waals surface area (Å²) in [5.41, 5.74) is 0.653. The lowest BCUT2D eigenvalue weighted by Gasteiger charge is -2.11. The van der Waals surface area contributed by atoms with Gasteiger partial charge in [0.25, 0.3) is 11.8 Å². The predicted molar refractivity (Wildman–Crippen MR) is 110 cm³/mol. The fourth-order valence-electron chi connectivity index (χ4n) is 3.07. The molecule has 2 amide bonds. The maximum Gasteiger partial charge on any atom is 0.416 e. The van der Waals surface area contributed by atoms with Crippen molar-refractivity contribution in [1.82, 2.24) is 10.2 Å². The lowest BCUT2D eigenvalue weighted by Crippen LogP contribution is -2.15. The molecule has 0 bridgehead atoms. The highest BCUT2D eigenvalue weighted by Gasteiger charge is 2.30.